The van der Waals surface area contributed by atoms with Gasteiger partial charge in [0.15, 0.2) is 0 Å². The molecule has 0 aliphatic rings. The van der Waals surface area contributed by atoms with Gasteiger partial charge in [0.1, 0.15) is 30.8 Å². The van der Waals surface area contributed by atoms with Gasteiger partial charge in [0.2, 0.25) is 11.8 Å². The molecule has 0 saturated carbocycles. The SMILES string of the molecule is C[C@@H](NC(=O)[C@H](Cc1ccccc1)NC(=O)OC(C)(C)C)C(=O)NCC(=O)OCc1ccccc1. The Hall–Kier alpha value is -3.88. The molecule has 9 heteroatoms. The van der Waals surface area contributed by atoms with Crippen LogP contribution in [0, 0.1) is 0 Å². The Labute approximate surface area is 205 Å². The highest BCUT2D eigenvalue weighted by atomic mass is 16.6. The molecule has 0 heterocycles. The monoisotopic (exact) mass is 483 g/mol. The van der Waals surface area contributed by atoms with Gasteiger partial charge in [-0.05, 0) is 38.8 Å². The number of esters is 1. The fourth-order valence-corrected chi connectivity index (χ4v) is 2.99. The fourth-order valence-electron chi connectivity index (χ4n) is 2.99. The lowest BCUT2D eigenvalue weighted by molar-refractivity contribution is -0.145. The van der Waals surface area contributed by atoms with Crippen molar-refractivity contribution >= 4 is 23.9 Å². The van der Waals surface area contributed by atoms with Crippen molar-refractivity contribution in [1.82, 2.24) is 16.0 Å². The molecule has 3 amide bonds. The summed E-state index contributed by atoms with van der Waals surface area (Å²) in [5, 5.41) is 7.59. The van der Waals surface area contributed by atoms with E-state index in [0.717, 1.165) is 11.1 Å². The minimum Gasteiger partial charge on any atom is -0.460 e. The van der Waals surface area contributed by atoms with Crippen molar-refractivity contribution in [3.05, 3.63) is 71.8 Å². The molecule has 2 aromatic rings. The topological polar surface area (TPSA) is 123 Å². The second-order valence-electron chi connectivity index (χ2n) is 8.98. The Morgan fingerprint density at radius 2 is 1.40 bits per heavy atom. The quantitative estimate of drug-likeness (QED) is 0.446. The van der Waals surface area contributed by atoms with Gasteiger partial charge < -0.3 is 25.4 Å². The molecule has 0 unspecified atom stereocenters. The van der Waals surface area contributed by atoms with Crippen LogP contribution in [0.2, 0.25) is 0 Å². The standard InChI is InChI=1S/C26H33N3O6/c1-18(23(31)27-16-22(30)34-17-20-13-9-6-10-14-20)28-24(32)21(15-19-11-7-5-8-12-19)29-25(33)35-26(2,3)4/h5-14,18,21H,15-17H2,1-4H3,(H,27,31)(H,28,32)(H,29,33)/t18-,21+/m1/s1. The number of carbonyl (C=O) groups excluding carboxylic acids is 4. The first kappa shape index (κ1) is 27.4. The van der Waals surface area contributed by atoms with Crippen molar-refractivity contribution in [3.63, 3.8) is 0 Å². The summed E-state index contributed by atoms with van der Waals surface area (Å²) in [6.45, 7) is 6.40. The van der Waals surface area contributed by atoms with Gasteiger partial charge in [0, 0.05) is 6.42 Å². The summed E-state index contributed by atoms with van der Waals surface area (Å²) in [6.07, 6.45) is -0.543. The average Bonchev–Trinajstić information content (AvgIpc) is 2.80. The van der Waals surface area contributed by atoms with Crippen molar-refractivity contribution < 1.29 is 28.7 Å². The molecule has 3 N–H and O–H groups in total. The molecule has 2 rings (SSSR count). The van der Waals surface area contributed by atoms with E-state index >= 15 is 0 Å². The van der Waals surface area contributed by atoms with E-state index in [1.54, 1.807) is 20.8 Å². The van der Waals surface area contributed by atoms with Crippen molar-refractivity contribution in [2.45, 2.75) is 58.4 Å². The lowest BCUT2D eigenvalue weighted by Crippen LogP contribution is -2.54. The molecule has 0 aromatic heterocycles. The van der Waals surface area contributed by atoms with Crippen LogP contribution in [0.3, 0.4) is 0 Å². The highest BCUT2D eigenvalue weighted by Crippen LogP contribution is 2.09. The van der Waals surface area contributed by atoms with Crippen LogP contribution in [0.25, 0.3) is 0 Å². The Kier molecular flexibility index (Phi) is 10.3. The fraction of sp³-hybridized carbons (Fsp3) is 0.385. The van der Waals surface area contributed by atoms with Gasteiger partial charge in [-0.1, -0.05) is 60.7 Å². The Morgan fingerprint density at radius 3 is 1.97 bits per heavy atom. The zero-order valence-corrected chi connectivity index (χ0v) is 20.5. The summed E-state index contributed by atoms with van der Waals surface area (Å²) < 4.78 is 10.4. The number of hydrogen-bond donors (Lipinski definition) is 3. The second kappa shape index (κ2) is 13.1. The minimum absolute atomic E-state index is 0.0966. The van der Waals surface area contributed by atoms with E-state index in [9.17, 15) is 19.2 Å². The maximum Gasteiger partial charge on any atom is 0.408 e. The first-order valence-corrected chi connectivity index (χ1v) is 11.3. The molecule has 35 heavy (non-hydrogen) atoms. The minimum atomic E-state index is -0.974. The number of hydrogen-bond acceptors (Lipinski definition) is 6. The van der Waals surface area contributed by atoms with Gasteiger partial charge in [-0.2, -0.15) is 0 Å². The highest BCUT2D eigenvalue weighted by Gasteiger charge is 2.27. The third-order valence-corrected chi connectivity index (χ3v) is 4.69. The first-order chi connectivity index (χ1) is 16.5. The molecule has 0 saturated heterocycles. The summed E-state index contributed by atoms with van der Waals surface area (Å²) >= 11 is 0. The molecular weight excluding hydrogens is 450 g/mol. The number of rotatable bonds is 10. The van der Waals surface area contributed by atoms with E-state index in [1.165, 1.54) is 6.92 Å². The molecule has 0 radical (unpaired) electrons. The summed E-state index contributed by atoms with van der Waals surface area (Å²) in [5.41, 5.74) is 0.914. The highest BCUT2D eigenvalue weighted by molar-refractivity contribution is 5.92. The second-order valence-corrected chi connectivity index (χ2v) is 8.98. The molecule has 0 fully saturated rings. The van der Waals surface area contributed by atoms with Crippen LogP contribution in [-0.2, 0) is 36.9 Å². The van der Waals surface area contributed by atoms with E-state index in [0.29, 0.717) is 0 Å². The molecule has 9 nitrogen and oxygen atoms in total. The van der Waals surface area contributed by atoms with Crippen molar-refractivity contribution in [1.29, 1.82) is 0 Å². The molecule has 188 valence electrons. The number of carbonyl (C=O) groups is 4. The lowest BCUT2D eigenvalue weighted by Gasteiger charge is -2.24. The summed E-state index contributed by atoms with van der Waals surface area (Å²) in [5.74, 6) is -1.73. The van der Waals surface area contributed by atoms with Gasteiger partial charge in [-0.25, -0.2) is 4.79 Å². The summed E-state index contributed by atoms with van der Waals surface area (Å²) in [6, 6.07) is 16.4. The normalized spacial score (nSPS) is 12.6. The average molecular weight is 484 g/mol. The number of amides is 3. The van der Waals surface area contributed by atoms with E-state index in [-0.39, 0.29) is 19.6 Å². The predicted octanol–water partition coefficient (Wildman–Crippen LogP) is 2.49. The third kappa shape index (κ3) is 10.7. The number of nitrogens with one attached hydrogen (secondary N) is 3. The number of benzene rings is 2. The molecule has 0 spiro atoms. The van der Waals surface area contributed by atoms with E-state index in [1.807, 2.05) is 60.7 Å². The summed E-state index contributed by atoms with van der Waals surface area (Å²) in [7, 11) is 0. The van der Waals surface area contributed by atoms with Gasteiger partial charge in [-0.15, -0.1) is 0 Å². The van der Waals surface area contributed by atoms with E-state index < -0.39 is 41.6 Å². The number of ether oxygens (including phenoxy) is 2. The number of alkyl carbamates (subject to hydrolysis) is 1. The molecule has 0 aliphatic carbocycles. The van der Waals surface area contributed by atoms with Crippen LogP contribution < -0.4 is 16.0 Å². The summed E-state index contributed by atoms with van der Waals surface area (Å²) in [4.78, 5) is 49.5. The maximum atomic E-state index is 12.9. The molecule has 0 bridgehead atoms. The third-order valence-electron chi connectivity index (χ3n) is 4.69. The smallest absolute Gasteiger partial charge is 0.408 e. The Morgan fingerprint density at radius 1 is 0.829 bits per heavy atom. The van der Waals surface area contributed by atoms with Crippen LogP contribution >= 0.6 is 0 Å². The molecular formula is C26H33N3O6. The van der Waals surface area contributed by atoms with Crippen molar-refractivity contribution in [2.75, 3.05) is 6.54 Å². The van der Waals surface area contributed by atoms with Crippen molar-refractivity contribution in [3.8, 4) is 0 Å². The van der Waals surface area contributed by atoms with Gasteiger partial charge in [-0.3, -0.25) is 14.4 Å². The van der Waals surface area contributed by atoms with Gasteiger partial charge >= 0.3 is 12.1 Å². The van der Waals surface area contributed by atoms with Crippen LogP contribution in [0.15, 0.2) is 60.7 Å². The molecule has 2 aromatic carbocycles. The Balaban J connectivity index is 1.89. The van der Waals surface area contributed by atoms with Crippen LogP contribution in [-0.4, -0.2) is 48.1 Å². The Bertz CT molecular complexity index is 989. The largest absolute Gasteiger partial charge is 0.460 e. The van der Waals surface area contributed by atoms with Crippen LogP contribution in [0.1, 0.15) is 38.8 Å². The van der Waals surface area contributed by atoms with Crippen LogP contribution in [0.4, 0.5) is 4.79 Å². The maximum absolute atomic E-state index is 12.9. The zero-order valence-electron chi connectivity index (χ0n) is 20.5. The van der Waals surface area contributed by atoms with Crippen molar-refractivity contribution in [2.24, 2.45) is 0 Å². The van der Waals surface area contributed by atoms with Crippen LogP contribution in [0.5, 0.6) is 0 Å². The molecule has 0 aliphatic heterocycles. The molecule has 2 atom stereocenters. The van der Waals surface area contributed by atoms with Gasteiger partial charge in [0.25, 0.3) is 0 Å². The van der Waals surface area contributed by atoms with E-state index in [2.05, 4.69) is 16.0 Å². The lowest BCUT2D eigenvalue weighted by atomic mass is 10.0. The van der Waals surface area contributed by atoms with E-state index in [4.69, 9.17) is 9.47 Å². The first-order valence-electron chi connectivity index (χ1n) is 11.3. The predicted molar refractivity (Wildman–Crippen MR) is 130 cm³/mol. The van der Waals surface area contributed by atoms with Gasteiger partial charge in [0.05, 0.1) is 0 Å². The zero-order chi connectivity index (χ0) is 25.8.